The summed E-state index contributed by atoms with van der Waals surface area (Å²) in [5, 5.41) is 14.8. The standard InChI is InChI=1S/C25H23N5O2/c26-15-17-9-11-18(12-10-17)23(24(27)31)30-14-13-21-19(16-30)5-4-8-22(21)29-25(32)28-20-6-2-1-3-7-20/h1-12,23H,13-14,16H2,(H2,27,31)(H2,28,29,32). The molecule has 1 aliphatic rings. The summed E-state index contributed by atoms with van der Waals surface area (Å²) in [5.41, 5.74) is 10.6. The molecule has 3 amide bonds. The molecule has 7 nitrogen and oxygen atoms in total. The van der Waals surface area contributed by atoms with Crippen molar-refractivity contribution in [3.05, 3.63) is 95.1 Å². The number of urea groups is 1. The fraction of sp³-hybridized carbons (Fsp3) is 0.160. The summed E-state index contributed by atoms with van der Waals surface area (Å²) >= 11 is 0. The second-order valence-electron chi connectivity index (χ2n) is 7.65. The van der Waals surface area contributed by atoms with Crippen molar-refractivity contribution >= 4 is 23.3 Å². The van der Waals surface area contributed by atoms with Crippen LogP contribution in [0.4, 0.5) is 16.2 Å². The molecule has 160 valence electrons. The molecule has 0 spiro atoms. The lowest BCUT2D eigenvalue weighted by Gasteiger charge is -2.35. The van der Waals surface area contributed by atoms with Gasteiger partial charge in [-0.2, -0.15) is 5.26 Å². The Morgan fingerprint density at radius 2 is 1.72 bits per heavy atom. The molecule has 3 aromatic carbocycles. The van der Waals surface area contributed by atoms with Gasteiger partial charge in [0.25, 0.3) is 0 Å². The third-order valence-corrected chi connectivity index (χ3v) is 5.57. The van der Waals surface area contributed by atoms with Crippen molar-refractivity contribution in [2.45, 2.75) is 19.0 Å². The van der Waals surface area contributed by atoms with E-state index < -0.39 is 11.9 Å². The van der Waals surface area contributed by atoms with Crippen LogP contribution in [0.2, 0.25) is 0 Å². The van der Waals surface area contributed by atoms with Crippen molar-refractivity contribution in [1.29, 1.82) is 5.26 Å². The van der Waals surface area contributed by atoms with Crippen LogP contribution in [0.5, 0.6) is 0 Å². The average Bonchev–Trinajstić information content (AvgIpc) is 2.80. The van der Waals surface area contributed by atoms with E-state index >= 15 is 0 Å². The molecule has 3 aromatic rings. The van der Waals surface area contributed by atoms with Gasteiger partial charge in [0.2, 0.25) is 5.91 Å². The van der Waals surface area contributed by atoms with Gasteiger partial charge in [-0.05, 0) is 53.4 Å². The van der Waals surface area contributed by atoms with Crippen LogP contribution >= 0.6 is 0 Å². The Kier molecular flexibility index (Phi) is 6.15. The number of nitrogens with two attached hydrogens (primary N) is 1. The summed E-state index contributed by atoms with van der Waals surface area (Å²) in [6.45, 7) is 1.14. The number of amides is 3. The number of benzene rings is 3. The van der Waals surface area contributed by atoms with E-state index in [1.54, 1.807) is 24.3 Å². The van der Waals surface area contributed by atoms with Crippen LogP contribution in [0.15, 0.2) is 72.8 Å². The summed E-state index contributed by atoms with van der Waals surface area (Å²) < 4.78 is 0. The number of fused-ring (bicyclic) bond motifs is 1. The number of hydrogen-bond donors (Lipinski definition) is 3. The molecule has 4 rings (SSSR count). The van der Waals surface area contributed by atoms with Crippen molar-refractivity contribution in [2.24, 2.45) is 5.73 Å². The molecule has 32 heavy (non-hydrogen) atoms. The van der Waals surface area contributed by atoms with E-state index in [9.17, 15) is 9.59 Å². The van der Waals surface area contributed by atoms with Gasteiger partial charge in [-0.3, -0.25) is 9.69 Å². The number of primary amides is 1. The first-order valence-electron chi connectivity index (χ1n) is 10.3. The van der Waals surface area contributed by atoms with Crippen LogP contribution in [-0.4, -0.2) is 23.4 Å². The zero-order valence-electron chi connectivity index (χ0n) is 17.4. The molecule has 1 unspecified atom stereocenters. The highest BCUT2D eigenvalue weighted by Gasteiger charge is 2.29. The van der Waals surface area contributed by atoms with E-state index in [0.717, 1.165) is 22.4 Å². The van der Waals surface area contributed by atoms with E-state index in [1.807, 2.05) is 53.4 Å². The number of para-hydroxylation sites is 1. The van der Waals surface area contributed by atoms with Crippen LogP contribution in [0.25, 0.3) is 0 Å². The number of carbonyl (C=O) groups is 2. The fourth-order valence-corrected chi connectivity index (χ4v) is 4.07. The van der Waals surface area contributed by atoms with Crippen molar-refractivity contribution in [3.8, 4) is 6.07 Å². The van der Waals surface area contributed by atoms with E-state index in [4.69, 9.17) is 11.0 Å². The van der Waals surface area contributed by atoms with Gasteiger partial charge in [-0.25, -0.2) is 4.79 Å². The lowest BCUT2D eigenvalue weighted by Crippen LogP contribution is -2.41. The Bertz CT molecular complexity index is 1170. The Hall–Kier alpha value is -4.15. The van der Waals surface area contributed by atoms with Gasteiger partial charge in [-0.15, -0.1) is 0 Å². The van der Waals surface area contributed by atoms with Gasteiger partial charge in [0.15, 0.2) is 0 Å². The van der Waals surface area contributed by atoms with E-state index in [1.165, 1.54) is 0 Å². The Morgan fingerprint density at radius 3 is 2.41 bits per heavy atom. The van der Waals surface area contributed by atoms with Crippen LogP contribution in [0, 0.1) is 11.3 Å². The number of hydrogen-bond acceptors (Lipinski definition) is 4. The zero-order valence-corrected chi connectivity index (χ0v) is 17.4. The summed E-state index contributed by atoms with van der Waals surface area (Å²) in [7, 11) is 0. The third kappa shape index (κ3) is 4.61. The van der Waals surface area contributed by atoms with Gasteiger partial charge in [0, 0.05) is 24.5 Å². The highest BCUT2D eigenvalue weighted by Crippen LogP contribution is 2.31. The van der Waals surface area contributed by atoms with Crippen LogP contribution in [0.1, 0.15) is 28.3 Å². The molecule has 0 saturated carbocycles. The minimum absolute atomic E-state index is 0.306. The number of nitriles is 1. The average molecular weight is 425 g/mol. The largest absolute Gasteiger partial charge is 0.368 e. The highest BCUT2D eigenvalue weighted by molar-refractivity contribution is 6.00. The van der Waals surface area contributed by atoms with Gasteiger partial charge in [-0.1, -0.05) is 42.5 Å². The lowest BCUT2D eigenvalue weighted by molar-refractivity contribution is -0.123. The fourth-order valence-electron chi connectivity index (χ4n) is 4.07. The lowest BCUT2D eigenvalue weighted by atomic mass is 9.94. The van der Waals surface area contributed by atoms with Crippen LogP contribution < -0.4 is 16.4 Å². The predicted molar refractivity (Wildman–Crippen MR) is 123 cm³/mol. The minimum Gasteiger partial charge on any atom is -0.368 e. The first kappa shape index (κ1) is 21.1. The first-order valence-corrected chi connectivity index (χ1v) is 10.3. The molecule has 1 atom stereocenters. The maximum absolute atomic E-state index is 12.5. The smallest absolute Gasteiger partial charge is 0.323 e. The molecule has 4 N–H and O–H groups in total. The van der Waals surface area contributed by atoms with Crippen molar-refractivity contribution in [2.75, 3.05) is 17.2 Å². The SMILES string of the molecule is N#Cc1ccc(C(C(N)=O)N2CCc3c(cccc3NC(=O)Nc3ccccc3)C2)cc1. The molecule has 0 bridgehead atoms. The van der Waals surface area contributed by atoms with Crippen molar-refractivity contribution in [3.63, 3.8) is 0 Å². The quantitative estimate of drug-likeness (QED) is 0.577. The number of carbonyl (C=O) groups excluding carboxylic acids is 2. The molecule has 0 aliphatic carbocycles. The molecule has 0 aromatic heterocycles. The van der Waals surface area contributed by atoms with Crippen molar-refractivity contribution < 1.29 is 9.59 Å². The molecule has 0 fully saturated rings. The maximum Gasteiger partial charge on any atom is 0.323 e. The van der Waals surface area contributed by atoms with Gasteiger partial charge < -0.3 is 16.4 Å². The Morgan fingerprint density at radius 1 is 0.969 bits per heavy atom. The molecule has 0 saturated heterocycles. The summed E-state index contributed by atoms with van der Waals surface area (Å²) in [6.07, 6.45) is 0.664. The highest BCUT2D eigenvalue weighted by atomic mass is 16.2. The number of nitrogens with zero attached hydrogens (tertiary/aromatic N) is 2. The van der Waals surface area contributed by atoms with Crippen molar-refractivity contribution in [1.82, 2.24) is 4.90 Å². The van der Waals surface area contributed by atoms with Gasteiger partial charge in [0.05, 0.1) is 11.6 Å². The second-order valence-corrected chi connectivity index (χ2v) is 7.65. The second kappa shape index (κ2) is 9.33. The molecule has 1 aliphatic heterocycles. The molecular weight excluding hydrogens is 402 g/mol. The first-order chi connectivity index (χ1) is 15.5. The maximum atomic E-state index is 12.5. The van der Waals surface area contributed by atoms with Gasteiger partial charge in [0.1, 0.15) is 6.04 Å². The van der Waals surface area contributed by atoms with E-state index in [-0.39, 0.29) is 6.03 Å². The molecular formula is C25H23N5O2. The normalized spacial score (nSPS) is 14.0. The van der Waals surface area contributed by atoms with E-state index in [2.05, 4.69) is 16.7 Å². The molecule has 7 heteroatoms. The monoisotopic (exact) mass is 425 g/mol. The predicted octanol–water partition coefficient (Wildman–Crippen LogP) is 3.79. The molecule has 0 radical (unpaired) electrons. The Balaban J connectivity index is 1.51. The van der Waals surface area contributed by atoms with E-state index in [0.29, 0.717) is 30.8 Å². The van der Waals surface area contributed by atoms with Crippen LogP contribution in [0.3, 0.4) is 0 Å². The van der Waals surface area contributed by atoms with Crippen LogP contribution in [-0.2, 0) is 17.8 Å². The number of anilines is 2. The molecule has 1 heterocycles. The Labute approximate surface area is 186 Å². The topological polar surface area (TPSA) is 111 Å². The number of rotatable bonds is 5. The summed E-state index contributed by atoms with van der Waals surface area (Å²) in [5.74, 6) is -0.435. The third-order valence-electron chi connectivity index (χ3n) is 5.57. The summed E-state index contributed by atoms with van der Waals surface area (Å²) in [6, 6.07) is 23.1. The van der Waals surface area contributed by atoms with Gasteiger partial charge >= 0.3 is 6.03 Å². The summed E-state index contributed by atoms with van der Waals surface area (Å²) in [4.78, 5) is 26.8. The zero-order chi connectivity index (χ0) is 22.5. The number of nitrogens with one attached hydrogen (secondary N) is 2. The minimum atomic E-state index is -0.589.